The molecule has 2 aromatic carbocycles. The van der Waals surface area contributed by atoms with Crippen LogP contribution in [0.3, 0.4) is 0 Å². The van der Waals surface area contributed by atoms with Gasteiger partial charge in [0.2, 0.25) is 0 Å². The summed E-state index contributed by atoms with van der Waals surface area (Å²) in [5.41, 5.74) is 5.12. The van der Waals surface area contributed by atoms with Gasteiger partial charge in [0.15, 0.2) is 0 Å². The Morgan fingerprint density at radius 3 is 2.18 bits per heavy atom. The molecule has 4 atom stereocenters. The van der Waals surface area contributed by atoms with Gasteiger partial charge in [0.05, 0.1) is 12.1 Å². The van der Waals surface area contributed by atoms with Crippen molar-refractivity contribution in [3.05, 3.63) is 93.9 Å². The third-order valence-electron chi connectivity index (χ3n) is 7.83. The number of aromatic nitrogens is 1. The van der Waals surface area contributed by atoms with Gasteiger partial charge in [-0.3, -0.25) is 9.69 Å². The number of fused-ring (bicyclic) bond motifs is 7. The van der Waals surface area contributed by atoms with Crippen molar-refractivity contribution in [2.45, 2.75) is 24.5 Å². The zero-order valence-electron chi connectivity index (χ0n) is 18.6. The smallest absolute Gasteiger partial charge is 0.410 e. The number of hydrogen-bond donors (Lipinski definition) is 2. The second-order valence-corrected chi connectivity index (χ2v) is 9.32. The van der Waals surface area contributed by atoms with E-state index in [4.69, 9.17) is 4.74 Å². The van der Waals surface area contributed by atoms with Crippen molar-refractivity contribution in [3.63, 3.8) is 0 Å². The molecule has 2 bridgehead atoms. The summed E-state index contributed by atoms with van der Waals surface area (Å²) in [4.78, 5) is 27.6. The average Bonchev–Trinajstić information content (AvgIpc) is 3.31. The minimum absolute atomic E-state index is 0.0593. The Morgan fingerprint density at radius 2 is 1.53 bits per heavy atom. The molecular weight excluding hydrogens is 432 g/mol. The number of nitrogens with zero attached hydrogens (tertiary/aromatic N) is 2. The van der Waals surface area contributed by atoms with Gasteiger partial charge in [0, 0.05) is 49.3 Å². The molecule has 7 nitrogen and oxygen atoms in total. The number of amides is 1. The Hall–Kier alpha value is -3.42. The number of rotatable bonds is 4. The maximum Gasteiger partial charge on any atom is 0.410 e. The largest absolute Gasteiger partial charge is 0.448 e. The molecule has 0 unspecified atom stereocenters. The first-order chi connectivity index (χ1) is 16.6. The van der Waals surface area contributed by atoms with Gasteiger partial charge in [-0.2, -0.15) is 0 Å². The summed E-state index contributed by atoms with van der Waals surface area (Å²) in [6, 6.07) is 20.4. The molecule has 1 aromatic heterocycles. The molecule has 6 rings (SSSR count). The van der Waals surface area contributed by atoms with Gasteiger partial charge >= 0.3 is 6.09 Å². The van der Waals surface area contributed by atoms with Crippen LogP contribution in [-0.2, 0) is 11.3 Å². The molecule has 0 radical (unpaired) electrons. The molecule has 0 saturated carbocycles. The van der Waals surface area contributed by atoms with E-state index in [1.807, 2.05) is 30.3 Å². The van der Waals surface area contributed by atoms with Crippen molar-refractivity contribution >= 4 is 6.09 Å². The molecule has 3 aromatic rings. The fourth-order valence-corrected chi connectivity index (χ4v) is 6.31. The fourth-order valence-electron chi connectivity index (χ4n) is 6.31. The van der Waals surface area contributed by atoms with Gasteiger partial charge in [0.25, 0.3) is 5.56 Å². The molecule has 1 fully saturated rings. The maximum absolute atomic E-state index is 13.5. The van der Waals surface area contributed by atoms with Crippen LogP contribution in [0.25, 0.3) is 11.1 Å². The van der Waals surface area contributed by atoms with Crippen LogP contribution in [0.2, 0.25) is 0 Å². The molecule has 1 saturated heterocycles. The first-order valence-electron chi connectivity index (χ1n) is 11.7. The number of hydrogen-bond acceptors (Lipinski definition) is 5. The number of carbonyl (C=O) groups is 1. The SMILES string of the molecule is O=C(OCC1c2ccccc2-c2ccccc21)N1[C@@H]2Cn3c(cccc3=O)[C@H]1[C@H](CO)[C@H]2CO. The zero-order valence-corrected chi connectivity index (χ0v) is 18.6. The number of benzene rings is 2. The summed E-state index contributed by atoms with van der Waals surface area (Å²) in [7, 11) is 0. The molecule has 7 heteroatoms. The van der Waals surface area contributed by atoms with Gasteiger partial charge in [-0.25, -0.2) is 4.79 Å². The third kappa shape index (κ3) is 2.97. The number of aliphatic hydroxyl groups excluding tert-OH is 2. The minimum Gasteiger partial charge on any atom is -0.448 e. The van der Waals surface area contributed by atoms with E-state index in [0.29, 0.717) is 5.69 Å². The molecule has 174 valence electrons. The average molecular weight is 459 g/mol. The predicted molar refractivity (Wildman–Crippen MR) is 125 cm³/mol. The predicted octanol–water partition coefficient (Wildman–Crippen LogP) is 2.75. The Morgan fingerprint density at radius 1 is 0.882 bits per heavy atom. The van der Waals surface area contributed by atoms with Crippen LogP contribution in [0.1, 0.15) is 28.8 Å². The second kappa shape index (κ2) is 8.11. The van der Waals surface area contributed by atoms with E-state index in [1.165, 1.54) is 6.07 Å². The van der Waals surface area contributed by atoms with E-state index >= 15 is 0 Å². The van der Waals surface area contributed by atoms with Crippen LogP contribution in [0, 0.1) is 11.8 Å². The highest BCUT2D eigenvalue weighted by Crippen LogP contribution is 2.49. The summed E-state index contributed by atoms with van der Waals surface area (Å²) in [5, 5.41) is 20.3. The van der Waals surface area contributed by atoms with E-state index in [0.717, 1.165) is 22.3 Å². The number of carbonyl (C=O) groups excluding carboxylic acids is 1. The van der Waals surface area contributed by atoms with Crippen molar-refractivity contribution in [1.29, 1.82) is 0 Å². The van der Waals surface area contributed by atoms with Crippen molar-refractivity contribution in [3.8, 4) is 11.1 Å². The van der Waals surface area contributed by atoms with Crippen molar-refractivity contribution in [1.82, 2.24) is 9.47 Å². The van der Waals surface area contributed by atoms with Crippen LogP contribution in [-0.4, -0.2) is 51.6 Å². The van der Waals surface area contributed by atoms with Gasteiger partial charge in [-0.15, -0.1) is 0 Å². The Labute approximate surface area is 196 Å². The summed E-state index contributed by atoms with van der Waals surface area (Å²) in [5.74, 6) is -0.767. The summed E-state index contributed by atoms with van der Waals surface area (Å²) in [6.45, 7) is 0.0975. The lowest BCUT2D eigenvalue weighted by Crippen LogP contribution is -2.49. The normalized spacial score (nSPS) is 24.5. The molecule has 1 amide bonds. The molecule has 1 aliphatic carbocycles. The van der Waals surface area contributed by atoms with Gasteiger partial charge in [-0.1, -0.05) is 54.6 Å². The Bertz CT molecular complexity index is 1270. The highest BCUT2D eigenvalue weighted by atomic mass is 16.6. The van der Waals surface area contributed by atoms with Gasteiger partial charge in [-0.05, 0) is 28.3 Å². The Balaban J connectivity index is 1.31. The topological polar surface area (TPSA) is 92.0 Å². The lowest BCUT2D eigenvalue weighted by atomic mass is 9.88. The van der Waals surface area contributed by atoms with E-state index in [-0.39, 0.29) is 49.7 Å². The molecule has 0 spiro atoms. The standard InChI is InChI=1S/C27H26N2O5/c30-13-20-21(14-31)26-23-10-5-11-25(32)28(23)12-24(20)29(26)27(33)34-15-22-18-8-3-1-6-16(18)17-7-2-4-9-19(17)22/h1-11,20-22,24,26,30-31H,12-15H2/t20-,21-,24-,26-/m1/s1. The quantitative estimate of drug-likeness (QED) is 0.627. The fraction of sp³-hybridized carbons (Fsp3) is 0.333. The van der Waals surface area contributed by atoms with Crippen LogP contribution in [0.5, 0.6) is 0 Å². The third-order valence-corrected chi connectivity index (χ3v) is 7.83. The molecule has 2 aliphatic heterocycles. The second-order valence-electron chi connectivity index (χ2n) is 9.32. The highest BCUT2D eigenvalue weighted by molar-refractivity contribution is 5.79. The number of ether oxygens (including phenoxy) is 1. The first kappa shape index (κ1) is 21.1. The maximum atomic E-state index is 13.5. The van der Waals surface area contributed by atoms with Crippen LogP contribution < -0.4 is 5.56 Å². The van der Waals surface area contributed by atoms with Gasteiger partial charge in [0.1, 0.15) is 6.61 Å². The summed E-state index contributed by atoms with van der Waals surface area (Å²) >= 11 is 0. The van der Waals surface area contributed by atoms with E-state index in [1.54, 1.807) is 15.5 Å². The lowest BCUT2D eigenvalue weighted by molar-refractivity contribution is 0.0588. The number of pyridine rings is 1. The summed E-state index contributed by atoms with van der Waals surface area (Å²) < 4.78 is 7.58. The van der Waals surface area contributed by atoms with Crippen molar-refractivity contribution in [2.75, 3.05) is 19.8 Å². The molecular formula is C27H26N2O5. The summed E-state index contributed by atoms with van der Waals surface area (Å²) in [6.07, 6.45) is -0.478. The van der Waals surface area contributed by atoms with Crippen LogP contribution in [0.4, 0.5) is 4.79 Å². The Kier molecular flexibility index (Phi) is 5.04. The monoisotopic (exact) mass is 458 g/mol. The highest BCUT2D eigenvalue weighted by Gasteiger charge is 2.55. The van der Waals surface area contributed by atoms with E-state index < -0.39 is 18.2 Å². The van der Waals surface area contributed by atoms with Crippen LogP contribution in [0.15, 0.2) is 71.5 Å². The minimum atomic E-state index is -0.523. The van der Waals surface area contributed by atoms with E-state index in [2.05, 4.69) is 24.3 Å². The number of aliphatic hydroxyl groups is 2. The van der Waals surface area contributed by atoms with Crippen molar-refractivity contribution in [2.24, 2.45) is 11.8 Å². The molecule has 3 aliphatic rings. The zero-order chi connectivity index (χ0) is 23.4. The molecule has 2 N–H and O–H groups in total. The van der Waals surface area contributed by atoms with Crippen molar-refractivity contribution < 1.29 is 19.7 Å². The van der Waals surface area contributed by atoms with Crippen LogP contribution >= 0.6 is 0 Å². The van der Waals surface area contributed by atoms with Gasteiger partial charge < -0.3 is 19.5 Å². The van der Waals surface area contributed by atoms with E-state index in [9.17, 15) is 19.8 Å². The lowest BCUT2D eigenvalue weighted by Gasteiger charge is -2.37. The molecule has 34 heavy (non-hydrogen) atoms. The first-order valence-corrected chi connectivity index (χ1v) is 11.7. The molecule has 3 heterocycles.